The molecule has 1 N–H and O–H groups in total. The van der Waals surface area contributed by atoms with Crippen LogP contribution in [0.25, 0.3) is 0 Å². The van der Waals surface area contributed by atoms with Crippen LogP contribution in [0.15, 0.2) is 0 Å². The summed E-state index contributed by atoms with van der Waals surface area (Å²) in [5.74, 6) is 0.0913. The molecule has 104 valence electrons. The molecule has 0 heterocycles. The van der Waals surface area contributed by atoms with Crippen LogP contribution in [0.4, 0.5) is 0 Å². The fraction of sp³-hybridized carbons (Fsp3) is 0.929. The number of ketones is 1. The third-order valence-corrected chi connectivity index (χ3v) is 9.70. The van der Waals surface area contributed by atoms with Crippen molar-refractivity contribution in [1.29, 1.82) is 0 Å². The summed E-state index contributed by atoms with van der Waals surface area (Å²) in [6.45, 7) is 11.1. The SMILES string of the molecule is CC(C)(C)[Si](C)(C)O[C@]12CC[C@H](C(=O)C1)[C@H](O)C2. The van der Waals surface area contributed by atoms with Crippen LogP contribution in [0.5, 0.6) is 0 Å². The van der Waals surface area contributed by atoms with Gasteiger partial charge in [-0.15, -0.1) is 0 Å². The minimum absolute atomic E-state index is 0.116. The van der Waals surface area contributed by atoms with E-state index in [2.05, 4.69) is 33.9 Å². The lowest BCUT2D eigenvalue weighted by atomic mass is 9.65. The molecule has 4 heteroatoms. The Balaban J connectivity index is 2.20. The molecule has 0 radical (unpaired) electrons. The lowest BCUT2D eigenvalue weighted by molar-refractivity contribution is -0.153. The van der Waals surface area contributed by atoms with E-state index in [1.54, 1.807) is 0 Å². The monoisotopic (exact) mass is 270 g/mol. The van der Waals surface area contributed by atoms with E-state index in [-0.39, 0.29) is 22.3 Å². The number of fused-ring (bicyclic) bond motifs is 3. The molecule has 3 nitrogen and oxygen atoms in total. The average Bonchev–Trinajstić information content (AvgIpc) is 2.12. The Labute approximate surface area is 111 Å². The molecule has 3 rings (SSSR count). The highest BCUT2D eigenvalue weighted by molar-refractivity contribution is 6.74. The van der Waals surface area contributed by atoms with Gasteiger partial charge in [-0.05, 0) is 31.0 Å². The molecular weight excluding hydrogens is 244 g/mol. The average molecular weight is 270 g/mol. The van der Waals surface area contributed by atoms with E-state index in [0.717, 1.165) is 12.8 Å². The van der Waals surface area contributed by atoms with Crippen LogP contribution in [-0.2, 0) is 9.22 Å². The number of Topliss-reactive ketones (excluding diaryl/α,β-unsaturated/α-hetero) is 1. The van der Waals surface area contributed by atoms with E-state index in [1.165, 1.54) is 0 Å². The van der Waals surface area contributed by atoms with Gasteiger partial charge >= 0.3 is 0 Å². The van der Waals surface area contributed by atoms with Gasteiger partial charge < -0.3 is 9.53 Å². The second-order valence-corrected chi connectivity index (χ2v) is 12.3. The van der Waals surface area contributed by atoms with Crippen LogP contribution >= 0.6 is 0 Å². The van der Waals surface area contributed by atoms with Crippen molar-refractivity contribution >= 4 is 14.1 Å². The molecule has 0 aromatic rings. The second-order valence-electron chi connectivity index (χ2n) is 7.61. The molecule has 0 spiro atoms. The van der Waals surface area contributed by atoms with Gasteiger partial charge in [0, 0.05) is 18.8 Å². The van der Waals surface area contributed by atoms with Crippen molar-refractivity contribution < 1.29 is 14.3 Å². The molecule has 0 saturated heterocycles. The van der Waals surface area contributed by atoms with Crippen molar-refractivity contribution in [3.8, 4) is 0 Å². The van der Waals surface area contributed by atoms with Crippen molar-refractivity contribution in [3.05, 3.63) is 0 Å². The molecule has 2 bridgehead atoms. The van der Waals surface area contributed by atoms with E-state index in [0.29, 0.717) is 12.8 Å². The quantitative estimate of drug-likeness (QED) is 0.785. The van der Waals surface area contributed by atoms with Crippen LogP contribution in [0.3, 0.4) is 0 Å². The number of hydrogen-bond acceptors (Lipinski definition) is 3. The predicted molar refractivity (Wildman–Crippen MR) is 74.0 cm³/mol. The standard InChI is InChI=1S/C14H26O3Si/c1-13(2,3)18(4,5)17-14-7-6-10(11(15)8-14)12(16)9-14/h10-11,15H,6-9H2,1-5H3/t10-,11+,14-/m0/s1. The first-order valence-electron chi connectivity index (χ1n) is 6.97. The maximum absolute atomic E-state index is 12.0. The smallest absolute Gasteiger partial charge is 0.192 e. The molecular formula is C14H26O3Si. The molecule has 18 heavy (non-hydrogen) atoms. The summed E-state index contributed by atoms with van der Waals surface area (Å²) >= 11 is 0. The topological polar surface area (TPSA) is 46.5 Å². The van der Waals surface area contributed by atoms with Gasteiger partial charge in [-0.25, -0.2) is 0 Å². The maximum Gasteiger partial charge on any atom is 0.192 e. The molecule has 0 amide bonds. The summed E-state index contributed by atoms with van der Waals surface area (Å²) in [6.07, 6.45) is 2.42. The third kappa shape index (κ3) is 2.30. The summed E-state index contributed by atoms with van der Waals surface area (Å²) in [7, 11) is -1.88. The fourth-order valence-corrected chi connectivity index (χ4v) is 4.69. The number of hydrogen-bond donors (Lipinski definition) is 1. The summed E-state index contributed by atoms with van der Waals surface area (Å²) < 4.78 is 6.52. The molecule has 0 aliphatic heterocycles. The Morgan fingerprint density at radius 2 is 2.00 bits per heavy atom. The van der Waals surface area contributed by atoms with Gasteiger partial charge in [0.2, 0.25) is 0 Å². The van der Waals surface area contributed by atoms with Gasteiger partial charge in [0.1, 0.15) is 5.78 Å². The number of aliphatic hydroxyl groups is 1. The van der Waals surface area contributed by atoms with Gasteiger partial charge in [-0.3, -0.25) is 4.79 Å². The van der Waals surface area contributed by atoms with Crippen molar-refractivity contribution in [2.45, 2.75) is 76.3 Å². The first kappa shape index (κ1) is 14.2. The Hall–Kier alpha value is -0.193. The van der Waals surface area contributed by atoms with Crippen LogP contribution in [-0.4, -0.2) is 30.9 Å². The highest BCUT2D eigenvalue weighted by atomic mass is 28.4. The number of rotatable bonds is 2. The Kier molecular flexibility index (Phi) is 3.28. The first-order valence-corrected chi connectivity index (χ1v) is 9.88. The Bertz CT molecular complexity index is 359. The minimum atomic E-state index is -1.88. The van der Waals surface area contributed by atoms with E-state index >= 15 is 0 Å². The summed E-state index contributed by atoms with van der Waals surface area (Å²) in [5, 5.41) is 10.2. The largest absolute Gasteiger partial charge is 0.411 e. The van der Waals surface area contributed by atoms with E-state index in [1.807, 2.05) is 0 Å². The molecule has 0 aromatic carbocycles. The molecule has 3 aliphatic rings. The van der Waals surface area contributed by atoms with Crippen molar-refractivity contribution in [1.82, 2.24) is 0 Å². The molecule has 3 atom stereocenters. The van der Waals surface area contributed by atoms with Crippen LogP contribution in [0, 0.1) is 5.92 Å². The summed E-state index contributed by atoms with van der Waals surface area (Å²) in [6, 6.07) is 0. The first-order chi connectivity index (χ1) is 8.06. The lowest BCUT2D eigenvalue weighted by Crippen LogP contribution is -2.59. The summed E-state index contributed by atoms with van der Waals surface area (Å²) in [5.41, 5.74) is -0.367. The molecule has 3 aliphatic carbocycles. The van der Waals surface area contributed by atoms with Crippen LogP contribution < -0.4 is 0 Å². The third-order valence-electron chi connectivity index (χ3n) is 5.14. The molecule has 3 fully saturated rings. The van der Waals surface area contributed by atoms with Gasteiger partial charge in [-0.2, -0.15) is 0 Å². The van der Waals surface area contributed by atoms with Crippen molar-refractivity contribution in [2.75, 3.05) is 0 Å². The highest BCUT2D eigenvalue weighted by Gasteiger charge is 2.54. The maximum atomic E-state index is 12.0. The lowest BCUT2D eigenvalue weighted by Gasteiger charge is -2.53. The van der Waals surface area contributed by atoms with Crippen molar-refractivity contribution in [3.63, 3.8) is 0 Å². The van der Waals surface area contributed by atoms with Gasteiger partial charge in [0.25, 0.3) is 0 Å². The fourth-order valence-electron chi connectivity index (χ4n) is 3.04. The zero-order chi connectivity index (χ0) is 13.8. The van der Waals surface area contributed by atoms with E-state index < -0.39 is 14.4 Å². The van der Waals surface area contributed by atoms with Gasteiger partial charge in [0.05, 0.1) is 11.7 Å². The minimum Gasteiger partial charge on any atom is -0.411 e. The molecule has 3 saturated carbocycles. The van der Waals surface area contributed by atoms with Crippen molar-refractivity contribution in [2.24, 2.45) is 5.92 Å². The van der Waals surface area contributed by atoms with Gasteiger partial charge in [0.15, 0.2) is 8.32 Å². The van der Waals surface area contributed by atoms with Crippen LogP contribution in [0.1, 0.15) is 46.5 Å². The summed E-state index contributed by atoms with van der Waals surface area (Å²) in [4.78, 5) is 12.0. The number of carbonyl (C=O) groups excluding carboxylic acids is 1. The Morgan fingerprint density at radius 1 is 1.39 bits per heavy atom. The highest BCUT2D eigenvalue weighted by Crippen LogP contribution is 2.49. The zero-order valence-electron chi connectivity index (χ0n) is 12.2. The number of carbonyl (C=O) groups is 1. The molecule has 0 unspecified atom stereocenters. The number of aliphatic hydroxyl groups excluding tert-OH is 1. The normalized spacial score (nSPS) is 37.1. The Morgan fingerprint density at radius 3 is 2.44 bits per heavy atom. The molecule has 0 aromatic heterocycles. The van der Waals surface area contributed by atoms with Crippen LogP contribution in [0.2, 0.25) is 18.1 Å². The predicted octanol–water partition coefficient (Wildman–Crippen LogP) is 2.88. The van der Waals surface area contributed by atoms with Gasteiger partial charge in [-0.1, -0.05) is 20.8 Å². The van der Waals surface area contributed by atoms with E-state index in [4.69, 9.17) is 4.43 Å². The van der Waals surface area contributed by atoms with E-state index in [9.17, 15) is 9.90 Å². The second kappa shape index (κ2) is 4.15. The zero-order valence-corrected chi connectivity index (χ0v) is 13.2.